The molecule has 1 atom stereocenters. The van der Waals surface area contributed by atoms with E-state index in [-0.39, 0.29) is 11.9 Å². The van der Waals surface area contributed by atoms with Gasteiger partial charge in [0, 0.05) is 6.54 Å². The van der Waals surface area contributed by atoms with Gasteiger partial charge in [-0.2, -0.15) is 11.3 Å². The second-order valence-corrected chi connectivity index (χ2v) is 7.61. The standard InChI is InChI=1S/C20H26N2OS/c1-22(2)19(18-9-10-24-14-18)13-21-20(23)12-15-7-8-16-5-3-4-6-17(16)11-15/h7-11,14,19H,3-6,12-13H2,1-2H3,(H,21,23)/t19-/m0/s1. The van der Waals surface area contributed by atoms with Gasteiger partial charge in [0.25, 0.3) is 0 Å². The molecule has 4 heteroatoms. The molecule has 24 heavy (non-hydrogen) atoms. The van der Waals surface area contributed by atoms with Gasteiger partial charge in [-0.25, -0.2) is 0 Å². The van der Waals surface area contributed by atoms with Crippen LogP contribution in [0.15, 0.2) is 35.0 Å². The average molecular weight is 343 g/mol. The monoisotopic (exact) mass is 342 g/mol. The number of likely N-dealkylation sites (N-methyl/N-ethyl adjacent to an activating group) is 1. The van der Waals surface area contributed by atoms with E-state index in [2.05, 4.69) is 59.3 Å². The first-order valence-corrected chi connectivity index (χ1v) is 9.63. The zero-order chi connectivity index (χ0) is 16.9. The van der Waals surface area contributed by atoms with Crippen LogP contribution in [-0.4, -0.2) is 31.4 Å². The van der Waals surface area contributed by atoms with Crippen LogP contribution in [0.3, 0.4) is 0 Å². The van der Waals surface area contributed by atoms with Crippen molar-refractivity contribution in [1.29, 1.82) is 0 Å². The highest BCUT2D eigenvalue weighted by molar-refractivity contribution is 7.07. The Kier molecular flexibility index (Phi) is 5.69. The number of fused-ring (bicyclic) bond motifs is 1. The molecule has 0 bridgehead atoms. The molecule has 1 N–H and O–H groups in total. The van der Waals surface area contributed by atoms with E-state index in [9.17, 15) is 4.79 Å². The molecule has 0 unspecified atom stereocenters. The fourth-order valence-corrected chi connectivity index (χ4v) is 4.13. The SMILES string of the molecule is CN(C)[C@@H](CNC(=O)Cc1ccc2c(c1)CCCC2)c1ccsc1. The summed E-state index contributed by atoms with van der Waals surface area (Å²) in [5, 5.41) is 7.34. The van der Waals surface area contributed by atoms with Crippen molar-refractivity contribution < 1.29 is 4.79 Å². The third-order valence-corrected chi connectivity index (χ3v) is 5.52. The Labute approximate surface area is 148 Å². The molecule has 1 heterocycles. The van der Waals surface area contributed by atoms with Crippen LogP contribution in [0.25, 0.3) is 0 Å². The molecule has 0 aliphatic heterocycles. The number of benzene rings is 1. The molecule has 1 amide bonds. The highest BCUT2D eigenvalue weighted by atomic mass is 32.1. The van der Waals surface area contributed by atoms with Gasteiger partial charge in [0.2, 0.25) is 5.91 Å². The van der Waals surface area contributed by atoms with E-state index >= 15 is 0 Å². The van der Waals surface area contributed by atoms with Crippen LogP contribution in [0, 0.1) is 0 Å². The molecule has 3 nitrogen and oxygen atoms in total. The van der Waals surface area contributed by atoms with Crippen LogP contribution in [0.4, 0.5) is 0 Å². The van der Waals surface area contributed by atoms with Gasteiger partial charge in [-0.05, 0) is 78.9 Å². The summed E-state index contributed by atoms with van der Waals surface area (Å²) in [6.07, 6.45) is 5.38. The number of rotatable bonds is 6. The molecule has 128 valence electrons. The highest BCUT2D eigenvalue weighted by Gasteiger charge is 2.16. The van der Waals surface area contributed by atoms with Crippen molar-refractivity contribution >= 4 is 17.2 Å². The molecule has 0 spiro atoms. The lowest BCUT2D eigenvalue weighted by molar-refractivity contribution is -0.120. The van der Waals surface area contributed by atoms with Crippen LogP contribution in [-0.2, 0) is 24.1 Å². The van der Waals surface area contributed by atoms with E-state index in [1.165, 1.54) is 36.0 Å². The third-order valence-electron chi connectivity index (χ3n) is 4.82. The summed E-state index contributed by atoms with van der Waals surface area (Å²) in [7, 11) is 4.11. The lowest BCUT2D eigenvalue weighted by Crippen LogP contribution is -2.35. The minimum atomic E-state index is 0.104. The second-order valence-electron chi connectivity index (χ2n) is 6.83. The van der Waals surface area contributed by atoms with Crippen molar-refractivity contribution in [2.24, 2.45) is 0 Å². The molecular formula is C20H26N2OS. The molecule has 2 aromatic rings. The van der Waals surface area contributed by atoms with Gasteiger partial charge in [0.1, 0.15) is 0 Å². The first kappa shape index (κ1) is 17.2. The third kappa shape index (κ3) is 4.25. The van der Waals surface area contributed by atoms with Crippen molar-refractivity contribution in [2.75, 3.05) is 20.6 Å². The molecule has 1 aliphatic rings. The normalized spacial score (nSPS) is 15.1. The lowest BCUT2D eigenvalue weighted by Gasteiger charge is -2.24. The van der Waals surface area contributed by atoms with Crippen LogP contribution in [0.2, 0.25) is 0 Å². The van der Waals surface area contributed by atoms with E-state index in [0.29, 0.717) is 13.0 Å². The maximum atomic E-state index is 12.4. The maximum absolute atomic E-state index is 12.4. The molecule has 0 saturated heterocycles. The molecule has 1 aromatic heterocycles. The summed E-state index contributed by atoms with van der Waals surface area (Å²) in [6.45, 7) is 0.646. The van der Waals surface area contributed by atoms with Crippen molar-refractivity contribution in [3.8, 4) is 0 Å². The van der Waals surface area contributed by atoms with Gasteiger partial charge in [0.05, 0.1) is 12.5 Å². The highest BCUT2D eigenvalue weighted by Crippen LogP contribution is 2.23. The van der Waals surface area contributed by atoms with Crippen LogP contribution < -0.4 is 5.32 Å². The minimum absolute atomic E-state index is 0.104. The van der Waals surface area contributed by atoms with Crippen molar-refractivity contribution in [3.63, 3.8) is 0 Å². The van der Waals surface area contributed by atoms with Gasteiger partial charge in [-0.3, -0.25) is 4.79 Å². The van der Waals surface area contributed by atoms with E-state index in [4.69, 9.17) is 0 Å². The Morgan fingerprint density at radius 1 is 1.21 bits per heavy atom. The molecule has 1 aromatic carbocycles. The Morgan fingerprint density at radius 3 is 2.71 bits per heavy atom. The van der Waals surface area contributed by atoms with E-state index in [1.807, 2.05) is 0 Å². The first-order valence-electron chi connectivity index (χ1n) is 8.69. The minimum Gasteiger partial charge on any atom is -0.354 e. The number of hydrogen-bond donors (Lipinski definition) is 1. The van der Waals surface area contributed by atoms with Crippen LogP contribution in [0.5, 0.6) is 0 Å². The smallest absolute Gasteiger partial charge is 0.224 e. The average Bonchev–Trinajstić information content (AvgIpc) is 3.09. The van der Waals surface area contributed by atoms with Gasteiger partial charge in [-0.1, -0.05) is 18.2 Å². The van der Waals surface area contributed by atoms with Gasteiger partial charge >= 0.3 is 0 Å². The summed E-state index contributed by atoms with van der Waals surface area (Å²) in [5.41, 5.74) is 5.30. The lowest BCUT2D eigenvalue weighted by atomic mass is 9.90. The van der Waals surface area contributed by atoms with Gasteiger partial charge in [0.15, 0.2) is 0 Å². The summed E-state index contributed by atoms with van der Waals surface area (Å²) in [6, 6.07) is 8.92. The Hall–Kier alpha value is -1.65. The number of nitrogens with zero attached hydrogens (tertiary/aromatic N) is 1. The van der Waals surface area contributed by atoms with E-state index in [0.717, 1.165) is 12.0 Å². The number of aryl methyl sites for hydroxylation is 2. The number of amides is 1. The van der Waals surface area contributed by atoms with Crippen molar-refractivity contribution in [2.45, 2.75) is 38.1 Å². The summed E-state index contributed by atoms with van der Waals surface area (Å²) >= 11 is 1.70. The number of carbonyl (C=O) groups excluding carboxylic acids is 1. The molecule has 3 rings (SSSR count). The topological polar surface area (TPSA) is 32.3 Å². The Bertz CT molecular complexity index is 679. The summed E-state index contributed by atoms with van der Waals surface area (Å²) < 4.78 is 0. The zero-order valence-electron chi connectivity index (χ0n) is 14.5. The molecular weight excluding hydrogens is 316 g/mol. The van der Waals surface area contributed by atoms with Crippen LogP contribution in [0.1, 0.15) is 41.1 Å². The van der Waals surface area contributed by atoms with Crippen LogP contribution >= 0.6 is 11.3 Å². The first-order chi connectivity index (χ1) is 11.6. The number of nitrogens with one attached hydrogen (secondary N) is 1. The van der Waals surface area contributed by atoms with Crippen molar-refractivity contribution in [1.82, 2.24) is 10.2 Å². The number of hydrogen-bond acceptors (Lipinski definition) is 3. The quantitative estimate of drug-likeness (QED) is 0.870. The second kappa shape index (κ2) is 7.95. The molecule has 0 radical (unpaired) electrons. The Balaban J connectivity index is 1.57. The van der Waals surface area contributed by atoms with Crippen molar-refractivity contribution in [3.05, 3.63) is 57.3 Å². The number of carbonyl (C=O) groups is 1. The summed E-state index contributed by atoms with van der Waals surface area (Å²) in [5.74, 6) is 0.104. The fourth-order valence-electron chi connectivity index (χ4n) is 3.42. The Morgan fingerprint density at radius 2 is 2.00 bits per heavy atom. The molecule has 0 saturated carbocycles. The van der Waals surface area contributed by atoms with Gasteiger partial charge < -0.3 is 10.2 Å². The predicted octanol–water partition coefficient (Wildman–Crippen LogP) is 3.59. The largest absolute Gasteiger partial charge is 0.354 e. The predicted molar refractivity (Wildman–Crippen MR) is 101 cm³/mol. The maximum Gasteiger partial charge on any atom is 0.224 e. The van der Waals surface area contributed by atoms with E-state index in [1.54, 1.807) is 11.3 Å². The number of thiophene rings is 1. The zero-order valence-corrected chi connectivity index (χ0v) is 15.4. The molecule has 1 aliphatic carbocycles. The molecule has 0 fully saturated rings. The van der Waals surface area contributed by atoms with E-state index < -0.39 is 0 Å². The fraction of sp³-hybridized carbons (Fsp3) is 0.450. The van der Waals surface area contributed by atoms with Gasteiger partial charge in [-0.15, -0.1) is 0 Å². The summed E-state index contributed by atoms with van der Waals surface area (Å²) in [4.78, 5) is 14.5.